The second-order valence-electron chi connectivity index (χ2n) is 6.97. The van der Waals surface area contributed by atoms with Crippen LogP contribution < -0.4 is 15.8 Å². The fourth-order valence-corrected chi connectivity index (χ4v) is 3.66. The normalized spacial score (nSPS) is 12.5. The first kappa shape index (κ1) is 20.9. The lowest BCUT2D eigenvalue weighted by Gasteiger charge is -2.18. The van der Waals surface area contributed by atoms with E-state index in [1.807, 2.05) is 48.0 Å². The van der Waals surface area contributed by atoms with Gasteiger partial charge in [-0.25, -0.2) is 25.5 Å². The smallest absolute Gasteiger partial charge is 0.224 e. The Labute approximate surface area is 184 Å². The maximum atomic E-state index is 7.80. The van der Waals surface area contributed by atoms with Gasteiger partial charge in [-0.1, -0.05) is 25.1 Å². The van der Waals surface area contributed by atoms with E-state index in [9.17, 15) is 0 Å². The van der Waals surface area contributed by atoms with Crippen LogP contribution in [0.2, 0.25) is 0 Å². The zero-order valence-electron chi connectivity index (χ0n) is 17.7. The lowest BCUT2D eigenvalue weighted by molar-refractivity contribution is 0.398. The summed E-state index contributed by atoms with van der Waals surface area (Å²) in [5.74, 6) is 0.752. The van der Waals surface area contributed by atoms with E-state index in [1.165, 1.54) is 12.7 Å². The number of anilines is 2. The quantitative estimate of drug-likeness (QED) is 0.352. The molecule has 0 aliphatic rings. The Bertz CT molecular complexity index is 1270. The molecule has 4 rings (SSSR count). The van der Waals surface area contributed by atoms with Gasteiger partial charge < -0.3 is 20.4 Å². The number of methoxy groups -OCH3 is 1. The molecule has 0 saturated heterocycles. The Hall–Kier alpha value is -4.34. The summed E-state index contributed by atoms with van der Waals surface area (Å²) in [6.07, 6.45) is 8.82. The molecule has 0 aliphatic heterocycles. The van der Waals surface area contributed by atoms with Crippen molar-refractivity contribution < 1.29 is 4.74 Å². The average molecular weight is 429 g/mol. The highest BCUT2D eigenvalue weighted by atomic mass is 16.5. The lowest BCUT2D eigenvalue weighted by atomic mass is 10.1. The Kier molecular flexibility index (Phi) is 6.02. The predicted molar refractivity (Wildman–Crippen MR) is 122 cm³/mol. The number of hydrogen-bond donors (Lipinski definition) is 3. The number of benzene rings is 1. The highest BCUT2D eigenvalue weighted by Crippen LogP contribution is 2.39. The molecule has 10 nitrogen and oxygen atoms in total. The van der Waals surface area contributed by atoms with Crippen molar-refractivity contribution in [2.24, 2.45) is 5.11 Å². The molecule has 1 atom stereocenters. The van der Waals surface area contributed by atoms with Crippen LogP contribution in [-0.4, -0.2) is 31.6 Å². The molecular formula is C22H23N9O. The molecule has 0 bridgehead atoms. The Morgan fingerprint density at radius 3 is 2.75 bits per heavy atom. The van der Waals surface area contributed by atoms with Crippen LogP contribution in [0.4, 0.5) is 11.5 Å². The van der Waals surface area contributed by atoms with Gasteiger partial charge >= 0.3 is 0 Å². The maximum absolute atomic E-state index is 7.80. The van der Waals surface area contributed by atoms with Crippen molar-refractivity contribution in [1.29, 1.82) is 5.53 Å². The van der Waals surface area contributed by atoms with Crippen molar-refractivity contribution in [3.8, 4) is 17.0 Å². The third-order valence-corrected chi connectivity index (χ3v) is 5.15. The van der Waals surface area contributed by atoms with Gasteiger partial charge in [-0.2, -0.15) is 5.11 Å². The molecule has 3 aromatic heterocycles. The zero-order valence-corrected chi connectivity index (χ0v) is 17.7. The summed E-state index contributed by atoms with van der Waals surface area (Å²) >= 11 is 0. The van der Waals surface area contributed by atoms with Gasteiger partial charge in [-0.05, 0) is 18.6 Å². The van der Waals surface area contributed by atoms with E-state index in [1.54, 1.807) is 19.5 Å². The second-order valence-corrected chi connectivity index (χ2v) is 6.97. The van der Waals surface area contributed by atoms with E-state index in [0.29, 0.717) is 40.4 Å². The van der Waals surface area contributed by atoms with Gasteiger partial charge in [0, 0.05) is 29.8 Å². The Morgan fingerprint density at radius 2 is 2.03 bits per heavy atom. The van der Waals surface area contributed by atoms with Crippen molar-refractivity contribution >= 4 is 22.5 Å². The van der Waals surface area contributed by atoms with E-state index in [-0.39, 0.29) is 6.04 Å². The Morgan fingerprint density at radius 1 is 1.22 bits per heavy atom. The number of ether oxygens (including phenoxy) is 1. The minimum absolute atomic E-state index is 0.273. The average Bonchev–Trinajstić information content (AvgIpc) is 3.22. The topological polar surface area (TPSA) is 140 Å². The molecular weight excluding hydrogens is 406 g/mol. The van der Waals surface area contributed by atoms with Crippen LogP contribution in [0.15, 0.2) is 72.4 Å². The van der Waals surface area contributed by atoms with Crippen molar-refractivity contribution in [3.63, 3.8) is 0 Å². The molecule has 162 valence electrons. The third kappa shape index (κ3) is 3.85. The summed E-state index contributed by atoms with van der Waals surface area (Å²) in [6.45, 7) is 2.02. The van der Waals surface area contributed by atoms with Gasteiger partial charge in [0.15, 0.2) is 0 Å². The summed E-state index contributed by atoms with van der Waals surface area (Å²) in [4.78, 5) is 17.0. The summed E-state index contributed by atoms with van der Waals surface area (Å²) in [5.41, 5.74) is 17.5. The van der Waals surface area contributed by atoms with E-state index in [4.69, 9.17) is 16.0 Å². The number of nitrogens with two attached hydrogens (primary N) is 1. The summed E-state index contributed by atoms with van der Waals surface area (Å²) in [5, 5.41) is 7.68. The molecule has 1 aromatic carbocycles. The van der Waals surface area contributed by atoms with Crippen LogP contribution >= 0.6 is 0 Å². The van der Waals surface area contributed by atoms with E-state index in [0.717, 1.165) is 11.3 Å². The number of para-hydroxylation sites is 1. The van der Waals surface area contributed by atoms with Gasteiger partial charge in [0.05, 0.1) is 24.1 Å². The summed E-state index contributed by atoms with van der Waals surface area (Å²) in [7, 11) is 1.55. The second kappa shape index (κ2) is 9.21. The number of aromatic nitrogens is 5. The molecule has 3 heterocycles. The van der Waals surface area contributed by atoms with Crippen molar-refractivity contribution in [1.82, 2.24) is 24.5 Å². The molecule has 0 amide bonds. The molecule has 0 aliphatic carbocycles. The molecule has 10 heteroatoms. The minimum Gasteiger partial charge on any atom is -0.480 e. The number of rotatable bonds is 8. The molecule has 0 fully saturated rings. The maximum Gasteiger partial charge on any atom is 0.224 e. The first-order valence-electron chi connectivity index (χ1n) is 10.0. The van der Waals surface area contributed by atoms with Crippen molar-refractivity contribution in [2.45, 2.75) is 19.4 Å². The summed E-state index contributed by atoms with van der Waals surface area (Å²) in [6, 6.07) is 9.43. The van der Waals surface area contributed by atoms with Crippen molar-refractivity contribution in [2.75, 3.05) is 18.2 Å². The first-order chi connectivity index (χ1) is 15.7. The summed E-state index contributed by atoms with van der Waals surface area (Å²) < 4.78 is 7.38. The fraction of sp³-hybridized carbons (Fsp3) is 0.182. The van der Waals surface area contributed by atoms with E-state index in [2.05, 4.69) is 30.4 Å². The highest BCUT2D eigenvalue weighted by molar-refractivity contribution is 6.01. The van der Waals surface area contributed by atoms with Crippen LogP contribution in [0.3, 0.4) is 0 Å². The van der Waals surface area contributed by atoms with Gasteiger partial charge in [-0.3, -0.25) is 0 Å². The van der Waals surface area contributed by atoms with Gasteiger partial charge in [0.1, 0.15) is 29.8 Å². The number of nitrogens with one attached hydrogen (secondary N) is 2. The van der Waals surface area contributed by atoms with Crippen LogP contribution in [0.5, 0.6) is 5.88 Å². The molecule has 32 heavy (non-hydrogen) atoms. The van der Waals surface area contributed by atoms with Crippen LogP contribution in [0.1, 0.15) is 19.4 Å². The van der Waals surface area contributed by atoms with Gasteiger partial charge in [0.25, 0.3) is 0 Å². The minimum atomic E-state index is -0.273. The van der Waals surface area contributed by atoms with E-state index >= 15 is 0 Å². The Balaban J connectivity index is 1.86. The number of nitrogens with zero attached hydrogens (tertiary/aromatic N) is 6. The molecule has 0 saturated carbocycles. The SMILES string of the molecule is CCC(/C(=C/Nc1ccccc1)N=N)n1cc(-c2cncnc2OC)c2c(N)ncnc21. The molecule has 4 aromatic rings. The van der Waals surface area contributed by atoms with Gasteiger partial charge in [0.2, 0.25) is 5.88 Å². The standard InChI is InChI=1S/C22H23N9O/c1-3-18(17(30-24)10-26-14-7-5-4-6-8-14)31-11-16(15-9-25-12-29-22(15)32-2)19-20(23)27-13-28-21(19)31/h4-13,18,24,26H,3H2,1-2H3,(H2,23,27,28)/b17-10-,30-24?. The van der Waals surface area contributed by atoms with Crippen molar-refractivity contribution in [3.05, 3.63) is 67.3 Å². The number of hydrogen-bond acceptors (Lipinski definition) is 9. The number of nitrogen functional groups attached to an aromatic ring is 1. The highest BCUT2D eigenvalue weighted by Gasteiger charge is 2.24. The fourth-order valence-electron chi connectivity index (χ4n) is 3.66. The van der Waals surface area contributed by atoms with Crippen LogP contribution in [-0.2, 0) is 0 Å². The molecule has 0 spiro atoms. The van der Waals surface area contributed by atoms with Crippen LogP contribution in [0, 0.1) is 5.53 Å². The monoisotopic (exact) mass is 429 g/mol. The lowest BCUT2D eigenvalue weighted by Crippen LogP contribution is -2.11. The number of allylic oxidation sites excluding steroid dienone is 1. The van der Waals surface area contributed by atoms with Gasteiger partial charge in [-0.15, -0.1) is 0 Å². The zero-order chi connectivity index (χ0) is 22.5. The predicted octanol–water partition coefficient (Wildman–Crippen LogP) is 4.41. The largest absolute Gasteiger partial charge is 0.480 e. The third-order valence-electron chi connectivity index (χ3n) is 5.15. The number of fused-ring (bicyclic) bond motifs is 1. The van der Waals surface area contributed by atoms with E-state index < -0.39 is 0 Å². The van der Waals surface area contributed by atoms with Crippen LogP contribution in [0.25, 0.3) is 22.2 Å². The molecule has 1 unspecified atom stereocenters. The molecule has 0 radical (unpaired) electrons. The first-order valence-corrected chi connectivity index (χ1v) is 10.0. The molecule has 4 N–H and O–H groups in total.